The standard InChI is InChI=1S/C22H30FN3O2/c1-3-16(2)4-7-20(27)25-11-8-22(9-12-25)10-13-26(15-22)21-24-18-14-17(23)5-6-19(18)28-21/h5-6,14,16H,3-4,7-13,15H2,1-2H3. The average Bonchev–Trinajstić information content (AvgIpc) is 3.30. The summed E-state index contributed by atoms with van der Waals surface area (Å²) in [5.74, 6) is 0.634. The highest BCUT2D eigenvalue weighted by molar-refractivity contribution is 5.76. The number of likely N-dealkylation sites (tertiary alicyclic amines) is 1. The van der Waals surface area contributed by atoms with Crippen molar-refractivity contribution in [2.24, 2.45) is 11.3 Å². The number of oxazole rings is 1. The Hall–Kier alpha value is -2.11. The van der Waals surface area contributed by atoms with Crippen LogP contribution in [0.2, 0.25) is 0 Å². The predicted molar refractivity (Wildman–Crippen MR) is 108 cm³/mol. The molecule has 1 atom stereocenters. The second kappa shape index (κ2) is 7.72. The summed E-state index contributed by atoms with van der Waals surface area (Å²) in [7, 11) is 0. The lowest BCUT2D eigenvalue weighted by molar-refractivity contribution is -0.133. The highest BCUT2D eigenvalue weighted by Crippen LogP contribution is 2.42. The van der Waals surface area contributed by atoms with E-state index in [2.05, 4.69) is 28.6 Å². The van der Waals surface area contributed by atoms with E-state index >= 15 is 0 Å². The molecule has 0 radical (unpaired) electrons. The molecule has 3 heterocycles. The normalized spacial score (nSPS) is 20.2. The Labute approximate surface area is 165 Å². The molecule has 1 unspecified atom stereocenters. The van der Waals surface area contributed by atoms with Gasteiger partial charge in [0, 0.05) is 38.7 Å². The topological polar surface area (TPSA) is 49.6 Å². The maximum absolute atomic E-state index is 13.4. The smallest absolute Gasteiger partial charge is 0.298 e. The second-order valence-electron chi connectivity index (χ2n) is 8.71. The summed E-state index contributed by atoms with van der Waals surface area (Å²) in [5, 5.41) is 0. The first-order chi connectivity index (χ1) is 13.5. The molecule has 28 heavy (non-hydrogen) atoms. The Morgan fingerprint density at radius 2 is 2.04 bits per heavy atom. The quantitative estimate of drug-likeness (QED) is 0.752. The Morgan fingerprint density at radius 3 is 2.79 bits per heavy atom. The van der Waals surface area contributed by atoms with Crippen molar-refractivity contribution in [2.45, 2.75) is 52.4 Å². The fraction of sp³-hybridized carbons (Fsp3) is 0.636. The molecule has 1 spiro atoms. The number of aromatic nitrogens is 1. The summed E-state index contributed by atoms with van der Waals surface area (Å²) in [6, 6.07) is 5.04. The lowest BCUT2D eigenvalue weighted by Crippen LogP contribution is -2.44. The van der Waals surface area contributed by atoms with Gasteiger partial charge < -0.3 is 14.2 Å². The molecule has 6 heteroatoms. The van der Waals surface area contributed by atoms with E-state index in [1.165, 1.54) is 12.1 Å². The third kappa shape index (κ3) is 3.87. The maximum Gasteiger partial charge on any atom is 0.298 e. The number of halogens is 1. The number of anilines is 1. The van der Waals surface area contributed by atoms with E-state index in [-0.39, 0.29) is 11.2 Å². The number of nitrogens with zero attached hydrogens (tertiary/aromatic N) is 3. The van der Waals surface area contributed by atoms with Gasteiger partial charge in [-0.1, -0.05) is 20.3 Å². The van der Waals surface area contributed by atoms with Gasteiger partial charge in [-0.3, -0.25) is 4.79 Å². The van der Waals surface area contributed by atoms with Crippen molar-refractivity contribution < 1.29 is 13.6 Å². The number of hydrogen-bond donors (Lipinski definition) is 0. The zero-order chi connectivity index (χ0) is 19.7. The molecule has 152 valence electrons. The van der Waals surface area contributed by atoms with Crippen molar-refractivity contribution in [3.05, 3.63) is 24.0 Å². The van der Waals surface area contributed by atoms with Crippen LogP contribution in [0.4, 0.5) is 10.4 Å². The van der Waals surface area contributed by atoms with E-state index in [0.29, 0.717) is 35.4 Å². The minimum Gasteiger partial charge on any atom is -0.423 e. The molecular weight excluding hydrogens is 357 g/mol. The zero-order valence-corrected chi connectivity index (χ0v) is 16.9. The van der Waals surface area contributed by atoms with Crippen molar-refractivity contribution in [3.63, 3.8) is 0 Å². The lowest BCUT2D eigenvalue weighted by atomic mass is 9.77. The predicted octanol–water partition coefficient (Wildman–Crippen LogP) is 4.61. The van der Waals surface area contributed by atoms with E-state index < -0.39 is 0 Å². The molecule has 0 N–H and O–H groups in total. The molecule has 0 bridgehead atoms. The molecule has 2 saturated heterocycles. The minimum atomic E-state index is -0.296. The molecule has 1 aromatic carbocycles. The highest BCUT2D eigenvalue weighted by Gasteiger charge is 2.42. The van der Waals surface area contributed by atoms with Gasteiger partial charge in [0.1, 0.15) is 11.3 Å². The Bertz CT molecular complexity index is 841. The van der Waals surface area contributed by atoms with Crippen LogP contribution >= 0.6 is 0 Å². The molecule has 1 amide bonds. The third-order valence-electron chi connectivity index (χ3n) is 6.77. The van der Waals surface area contributed by atoms with Crippen LogP contribution in [-0.2, 0) is 4.79 Å². The van der Waals surface area contributed by atoms with Crippen LogP contribution in [0.15, 0.2) is 22.6 Å². The van der Waals surface area contributed by atoms with Gasteiger partial charge in [-0.15, -0.1) is 0 Å². The summed E-state index contributed by atoms with van der Waals surface area (Å²) >= 11 is 0. The van der Waals surface area contributed by atoms with E-state index in [1.807, 2.05) is 0 Å². The SMILES string of the molecule is CCC(C)CCC(=O)N1CCC2(CC1)CCN(c1nc3cc(F)ccc3o1)C2. The van der Waals surface area contributed by atoms with Crippen LogP contribution in [-0.4, -0.2) is 42.0 Å². The van der Waals surface area contributed by atoms with Gasteiger partial charge in [-0.2, -0.15) is 4.98 Å². The molecule has 5 nitrogen and oxygen atoms in total. The van der Waals surface area contributed by atoms with Crippen LogP contribution in [0.5, 0.6) is 0 Å². The fourth-order valence-corrected chi connectivity index (χ4v) is 4.49. The van der Waals surface area contributed by atoms with Crippen molar-refractivity contribution in [3.8, 4) is 0 Å². The van der Waals surface area contributed by atoms with Gasteiger partial charge in [-0.05, 0) is 49.1 Å². The van der Waals surface area contributed by atoms with E-state index in [0.717, 1.165) is 58.3 Å². The van der Waals surface area contributed by atoms with Gasteiger partial charge in [0.15, 0.2) is 5.58 Å². The third-order valence-corrected chi connectivity index (χ3v) is 6.77. The van der Waals surface area contributed by atoms with Gasteiger partial charge in [0.25, 0.3) is 6.01 Å². The largest absolute Gasteiger partial charge is 0.423 e. The first-order valence-corrected chi connectivity index (χ1v) is 10.6. The van der Waals surface area contributed by atoms with Gasteiger partial charge in [0.2, 0.25) is 5.91 Å². The van der Waals surface area contributed by atoms with Crippen LogP contribution in [0.25, 0.3) is 11.1 Å². The number of hydrogen-bond acceptors (Lipinski definition) is 4. The number of piperidine rings is 1. The summed E-state index contributed by atoms with van der Waals surface area (Å²) in [6.45, 7) is 7.90. The monoisotopic (exact) mass is 387 g/mol. The molecular formula is C22H30FN3O2. The van der Waals surface area contributed by atoms with Crippen molar-refractivity contribution in [1.82, 2.24) is 9.88 Å². The molecule has 2 aliphatic rings. The number of rotatable bonds is 5. The first-order valence-electron chi connectivity index (χ1n) is 10.6. The van der Waals surface area contributed by atoms with Crippen LogP contribution in [0.3, 0.4) is 0 Å². The first kappa shape index (κ1) is 19.2. The number of amides is 1. The molecule has 0 aliphatic carbocycles. The Balaban J connectivity index is 1.34. The molecule has 1 aromatic heterocycles. The van der Waals surface area contributed by atoms with E-state index in [9.17, 15) is 9.18 Å². The summed E-state index contributed by atoms with van der Waals surface area (Å²) in [4.78, 5) is 21.2. The van der Waals surface area contributed by atoms with Gasteiger partial charge >= 0.3 is 0 Å². The summed E-state index contributed by atoms with van der Waals surface area (Å²) in [6.07, 6.45) is 5.96. The van der Waals surface area contributed by atoms with Crippen LogP contribution in [0.1, 0.15) is 52.4 Å². The highest BCUT2D eigenvalue weighted by atomic mass is 19.1. The molecule has 0 saturated carbocycles. The van der Waals surface area contributed by atoms with Gasteiger partial charge in [-0.25, -0.2) is 4.39 Å². The second-order valence-corrected chi connectivity index (χ2v) is 8.71. The van der Waals surface area contributed by atoms with Crippen molar-refractivity contribution in [2.75, 3.05) is 31.1 Å². The molecule has 2 aliphatic heterocycles. The van der Waals surface area contributed by atoms with Crippen molar-refractivity contribution >= 4 is 23.0 Å². The number of benzene rings is 1. The summed E-state index contributed by atoms with van der Waals surface area (Å²) in [5.41, 5.74) is 1.43. The van der Waals surface area contributed by atoms with E-state index in [4.69, 9.17) is 4.42 Å². The van der Waals surface area contributed by atoms with Crippen LogP contribution in [0, 0.1) is 17.2 Å². The van der Waals surface area contributed by atoms with Crippen molar-refractivity contribution in [1.29, 1.82) is 0 Å². The lowest BCUT2D eigenvalue weighted by Gasteiger charge is -2.39. The van der Waals surface area contributed by atoms with Crippen LogP contribution < -0.4 is 4.90 Å². The number of carbonyl (C=O) groups excluding carboxylic acids is 1. The van der Waals surface area contributed by atoms with Gasteiger partial charge in [0.05, 0.1) is 0 Å². The maximum atomic E-state index is 13.4. The van der Waals surface area contributed by atoms with E-state index in [1.54, 1.807) is 6.07 Å². The number of carbonyl (C=O) groups is 1. The molecule has 2 aromatic rings. The number of fused-ring (bicyclic) bond motifs is 1. The summed E-state index contributed by atoms with van der Waals surface area (Å²) < 4.78 is 19.3. The zero-order valence-electron chi connectivity index (χ0n) is 16.9. The minimum absolute atomic E-state index is 0.236. The Morgan fingerprint density at radius 1 is 1.29 bits per heavy atom. The Kier molecular flexibility index (Phi) is 5.30. The molecule has 2 fully saturated rings. The average molecular weight is 387 g/mol. The fourth-order valence-electron chi connectivity index (χ4n) is 4.49. The molecule has 4 rings (SSSR count).